The molecule has 1 saturated carbocycles. The topological polar surface area (TPSA) is 66.8 Å². The van der Waals surface area contributed by atoms with E-state index in [-0.39, 0.29) is 18.4 Å². The maximum absolute atomic E-state index is 13.6. The van der Waals surface area contributed by atoms with E-state index in [1.54, 1.807) is 4.90 Å². The molecule has 35 heavy (non-hydrogen) atoms. The van der Waals surface area contributed by atoms with Crippen LogP contribution in [-0.2, 0) is 11.3 Å². The van der Waals surface area contributed by atoms with Gasteiger partial charge in [-0.15, -0.1) is 0 Å². The molecule has 0 spiro atoms. The van der Waals surface area contributed by atoms with Crippen LogP contribution < -0.4 is 4.74 Å². The summed E-state index contributed by atoms with van der Waals surface area (Å²) in [6.07, 6.45) is 4.08. The highest BCUT2D eigenvalue weighted by atomic mass is 16.5. The Kier molecular flexibility index (Phi) is 7.74. The molecule has 0 bridgehead atoms. The zero-order valence-corrected chi connectivity index (χ0v) is 20.2. The fraction of sp³-hybridized carbons (Fsp3) is 0.333. The number of hydrogen-bond donors (Lipinski definition) is 1. The van der Waals surface area contributed by atoms with Crippen molar-refractivity contribution in [2.75, 3.05) is 6.61 Å². The third-order valence-electron chi connectivity index (χ3n) is 6.25. The largest absolute Gasteiger partial charge is 0.493 e. The molecule has 0 heterocycles. The number of carboxylic acids is 1. The normalized spacial score (nSPS) is 14.1. The first-order valence-corrected chi connectivity index (χ1v) is 12.3. The molecule has 0 saturated heterocycles. The van der Waals surface area contributed by atoms with Crippen molar-refractivity contribution in [3.63, 3.8) is 0 Å². The van der Waals surface area contributed by atoms with Crippen LogP contribution in [0.25, 0.3) is 11.1 Å². The number of carbonyl (C=O) groups is 2. The molecule has 0 aliphatic heterocycles. The molecule has 0 radical (unpaired) electrons. The lowest BCUT2D eigenvalue weighted by molar-refractivity contribution is -0.137. The molecular formula is C30H33NO4. The average molecular weight is 473 g/mol. The van der Waals surface area contributed by atoms with E-state index in [0.717, 1.165) is 36.8 Å². The molecule has 3 aromatic carbocycles. The minimum absolute atomic E-state index is 0.0557. The molecular weight excluding hydrogens is 438 g/mol. The van der Waals surface area contributed by atoms with E-state index >= 15 is 0 Å². The van der Waals surface area contributed by atoms with Gasteiger partial charge in [-0.05, 0) is 73.9 Å². The molecule has 3 aromatic rings. The van der Waals surface area contributed by atoms with Crippen molar-refractivity contribution in [2.24, 2.45) is 0 Å². The Balaban J connectivity index is 1.46. The van der Waals surface area contributed by atoms with Gasteiger partial charge in [0.1, 0.15) is 5.75 Å². The van der Waals surface area contributed by atoms with E-state index < -0.39 is 12.5 Å². The summed E-state index contributed by atoms with van der Waals surface area (Å²) < 4.78 is 15.0. The number of nitrogens with zero attached hydrogens (tertiary/aromatic N) is 1. The minimum Gasteiger partial charge on any atom is -0.493 e. The van der Waals surface area contributed by atoms with Crippen LogP contribution in [0.1, 0.15) is 61.4 Å². The van der Waals surface area contributed by atoms with Crippen LogP contribution in [0, 0.1) is 6.92 Å². The number of carbonyl (C=O) groups excluding carboxylic acids is 1. The number of ether oxygens (including phenoxy) is 1. The second-order valence-corrected chi connectivity index (χ2v) is 9.06. The highest BCUT2D eigenvalue weighted by molar-refractivity contribution is 5.95. The first kappa shape index (κ1) is 23.2. The number of para-hydroxylation sites is 1. The van der Waals surface area contributed by atoms with Crippen LogP contribution in [0.4, 0.5) is 0 Å². The van der Waals surface area contributed by atoms with E-state index in [4.69, 9.17) is 11.2 Å². The number of hydrogen-bond acceptors (Lipinski definition) is 3. The van der Waals surface area contributed by atoms with Gasteiger partial charge < -0.3 is 14.7 Å². The zero-order chi connectivity index (χ0) is 25.5. The predicted octanol–water partition coefficient (Wildman–Crippen LogP) is 6.49. The second-order valence-electron chi connectivity index (χ2n) is 9.06. The lowest BCUT2D eigenvalue weighted by Gasteiger charge is -2.24. The number of aliphatic carboxylic acids is 1. The van der Waals surface area contributed by atoms with Gasteiger partial charge in [-0.25, -0.2) is 0 Å². The van der Waals surface area contributed by atoms with Crippen LogP contribution in [0.3, 0.4) is 0 Å². The van der Waals surface area contributed by atoms with Gasteiger partial charge >= 0.3 is 5.97 Å². The number of amides is 1. The Bertz CT molecular complexity index is 1190. The molecule has 1 unspecified atom stereocenters. The predicted molar refractivity (Wildman–Crippen MR) is 138 cm³/mol. The highest BCUT2D eigenvalue weighted by Gasteiger charge is 2.33. The third-order valence-corrected chi connectivity index (χ3v) is 6.25. The number of carboxylic acid groups (broad SMARTS) is 1. The summed E-state index contributed by atoms with van der Waals surface area (Å²) in [7, 11) is 0. The van der Waals surface area contributed by atoms with Gasteiger partial charge in [0.25, 0.3) is 5.91 Å². The van der Waals surface area contributed by atoms with E-state index in [2.05, 4.69) is 19.1 Å². The molecule has 1 aliphatic rings. The number of aryl methyl sites for hydroxylation is 1. The maximum Gasteiger partial charge on any atom is 0.303 e. The monoisotopic (exact) mass is 472 g/mol. The first-order chi connectivity index (χ1) is 17.5. The van der Waals surface area contributed by atoms with Gasteiger partial charge in [-0.1, -0.05) is 54.6 Å². The summed E-state index contributed by atoms with van der Waals surface area (Å²) in [5.74, 6) is -0.325. The molecule has 5 nitrogen and oxygen atoms in total. The van der Waals surface area contributed by atoms with Crippen LogP contribution >= 0.6 is 0 Å². The van der Waals surface area contributed by atoms with Crippen molar-refractivity contribution in [2.45, 2.75) is 58.0 Å². The Morgan fingerprint density at radius 1 is 0.971 bits per heavy atom. The van der Waals surface area contributed by atoms with Gasteiger partial charge in [0.15, 0.2) is 0 Å². The Labute approximate surface area is 208 Å². The average Bonchev–Trinajstić information content (AvgIpc) is 3.72. The Hall–Kier alpha value is -3.60. The summed E-state index contributed by atoms with van der Waals surface area (Å²) in [5, 5.41) is 8.77. The van der Waals surface area contributed by atoms with Gasteiger partial charge in [-0.2, -0.15) is 0 Å². The SMILES string of the molecule is [2H]C(c1ccccc1OCCCCCC(=O)O)N(C(=O)c1ccc(-c2ccccc2C)cc1)C1CC1. The van der Waals surface area contributed by atoms with Crippen molar-refractivity contribution in [3.8, 4) is 16.9 Å². The van der Waals surface area contributed by atoms with Crippen molar-refractivity contribution >= 4 is 11.9 Å². The summed E-state index contributed by atoms with van der Waals surface area (Å²) in [5.41, 5.74) is 4.63. The van der Waals surface area contributed by atoms with E-state index in [1.165, 1.54) is 5.56 Å². The molecule has 1 amide bonds. The second kappa shape index (κ2) is 11.7. The van der Waals surface area contributed by atoms with E-state index in [0.29, 0.717) is 29.9 Å². The Morgan fingerprint density at radius 2 is 1.69 bits per heavy atom. The fourth-order valence-corrected chi connectivity index (χ4v) is 4.13. The van der Waals surface area contributed by atoms with Gasteiger partial charge in [0.2, 0.25) is 0 Å². The molecule has 4 rings (SSSR count). The fourth-order valence-electron chi connectivity index (χ4n) is 4.13. The van der Waals surface area contributed by atoms with Crippen LogP contribution in [0.15, 0.2) is 72.8 Å². The van der Waals surface area contributed by atoms with Crippen LogP contribution in [0.5, 0.6) is 5.75 Å². The molecule has 1 fully saturated rings. The van der Waals surface area contributed by atoms with Crippen LogP contribution in [0.2, 0.25) is 0 Å². The van der Waals surface area contributed by atoms with E-state index in [1.807, 2.05) is 60.7 Å². The zero-order valence-electron chi connectivity index (χ0n) is 21.2. The number of rotatable bonds is 12. The van der Waals surface area contributed by atoms with Gasteiger partial charge in [0.05, 0.1) is 7.98 Å². The van der Waals surface area contributed by atoms with Crippen molar-refractivity contribution < 1.29 is 20.8 Å². The summed E-state index contributed by atoms with van der Waals surface area (Å²) >= 11 is 0. The van der Waals surface area contributed by atoms with Crippen molar-refractivity contribution in [1.29, 1.82) is 0 Å². The minimum atomic E-state index is -0.871. The maximum atomic E-state index is 13.6. The quantitative estimate of drug-likeness (QED) is 0.306. The first-order valence-electron chi connectivity index (χ1n) is 12.9. The summed E-state index contributed by atoms with van der Waals surface area (Å²) in [4.78, 5) is 25.9. The molecule has 0 aromatic heterocycles. The van der Waals surface area contributed by atoms with Crippen LogP contribution in [-0.4, -0.2) is 34.5 Å². The molecule has 5 heteroatoms. The summed E-state index contributed by atoms with van der Waals surface area (Å²) in [6, 6.07) is 23.3. The molecule has 1 atom stereocenters. The highest BCUT2D eigenvalue weighted by Crippen LogP contribution is 2.32. The molecule has 182 valence electrons. The van der Waals surface area contributed by atoms with Gasteiger partial charge in [-0.3, -0.25) is 9.59 Å². The number of unbranched alkanes of at least 4 members (excludes halogenated alkanes) is 2. The van der Waals surface area contributed by atoms with Crippen molar-refractivity contribution in [1.82, 2.24) is 4.90 Å². The lowest BCUT2D eigenvalue weighted by Crippen LogP contribution is -2.32. The van der Waals surface area contributed by atoms with Gasteiger partial charge in [0, 0.05) is 30.1 Å². The molecule has 1 aliphatic carbocycles. The number of benzene rings is 3. The van der Waals surface area contributed by atoms with E-state index in [9.17, 15) is 9.59 Å². The lowest BCUT2D eigenvalue weighted by atomic mass is 9.99. The standard InChI is InChI=1S/C30H33NO4/c1-22-9-4-6-11-27(22)23-14-16-24(17-15-23)30(34)31(26-18-19-26)21-25-10-5-7-12-28(25)35-20-8-2-3-13-29(32)33/h4-7,9-12,14-17,26H,2-3,8,13,18-21H2,1H3,(H,32,33)/i21D. The molecule has 1 N–H and O–H groups in total. The summed E-state index contributed by atoms with van der Waals surface area (Å²) in [6.45, 7) is 1.65. The third kappa shape index (κ3) is 6.72. The Morgan fingerprint density at radius 3 is 2.40 bits per heavy atom. The van der Waals surface area contributed by atoms with Crippen molar-refractivity contribution in [3.05, 3.63) is 89.5 Å². The smallest absolute Gasteiger partial charge is 0.303 e.